The van der Waals surface area contributed by atoms with Crippen LogP contribution in [0.1, 0.15) is 48.2 Å². The first-order valence-electron chi connectivity index (χ1n) is 7.33. The average molecular weight is 279 g/mol. The zero-order chi connectivity index (χ0) is 14.0. The Morgan fingerprint density at radius 3 is 2.90 bits per heavy atom. The lowest BCUT2D eigenvalue weighted by molar-refractivity contribution is -0.186. The molecule has 1 aromatic heterocycles. The van der Waals surface area contributed by atoms with Gasteiger partial charge in [-0.1, -0.05) is 6.42 Å². The van der Waals surface area contributed by atoms with Gasteiger partial charge in [-0.25, -0.2) is 0 Å². The van der Waals surface area contributed by atoms with Crippen LogP contribution in [0.25, 0.3) is 0 Å². The Balaban J connectivity index is 1.50. The van der Waals surface area contributed by atoms with Gasteiger partial charge in [0.15, 0.2) is 5.79 Å². The van der Waals surface area contributed by atoms with Crippen LogP contribution in [0.15, 0.2) is 16.7 Å². The standard InChI is InChI=1S/C15H21NO4/c1-11-13(5-8-18-11)14(17)16-9-12-10-19-15(20-12)6-3-2-4-7-15/h5,8,12H,2-4,6-7,9-10H2,1H3,(H,16,17)/t12-/m0/s1. The largest absolute Gasteiger partial charge is 0.469 e. The maximum Gasteiger partial charge on any atom is 0.254 e. The van der Waals surface area contributed by atoms with E-state index < -0.39 is 0 Å². The number of rotatable bonds is 3. The highest BCUT2D eigenvalue weighted by atomic mass is 16.7. The molecule has 1 aliphatic heterocycles. The molecule has 3 rings (SSSR count). The van der Waals surface area contributed by atoms with E-state index >= 15 is 0 Å². The molecule has 2 fully saturated rings. The third-order valence-electron chi connectivity index (χ3n) is 4.12. The average Bonchev–Trinajstić information content (AvgIpc) is 3.04. The second-order valence-electron chi connectivity index (χ2n) is 5.62. The first-order chi connectivity index (χ1) is 9.69. The number of carbonyl (C=O) groups excluding carboxylic acids is 1. The molecule has 1 atom stereocenters. The lowest BCUT2D eigenvalue weighted by atomic mass is 9.94. The summed E-state index contributed by atoms with van der Waals surface area (Å²) in [6, 6.07) is 1.68. The van der Waals surface area contributed by atoms with Crippen LogP contribution in [0, 0.1) is 6.92 Å². The molecule has 0 aromatic carbocycles. The molecule has 0 unspecified atom stereocenters. The summed E-state index contributed by atoms with van der Waals surface area (Å²) in [4.78, 5) is 12.0. The lowest BCUT2D eigenvalue weighted by Gasteiger charge is -2.31. The first-order valence-corrected chi connectivity index (χ1v) is 7.33. The molecule has 1 saturated heterocycles. The number of hydrogen-bond acceptors (Lipinski definition) is 4. The third kappa shape index (κ3) is 2.74. The van der Waals surface area contributed by atoms with Crippen LogP contribution in [0.4, 0.5) is 0 Å². The first kappa shape index (κ1) is 13.6. The molecule has 2 heterocycles. The van der Waals surface area contributed by atoms with Crippen molar-refractivity contribution in [3.05, 3.63) is 23.7 Å². The monoisotopic (exact) mass is 279 g/mol. The lowest BCUT2D eigenvalue weighted by Crippen LogP contribution is -2.37. The van der Waals surface area contributed by atoms with Gasteiger partial charge >= 0.3 is 0 Å². The van der Waals surface area contributed by atoms with Crippen molar-refractivity contribution in [1.82, 2.24) is 5.32 Å². The van der Waals surface area contributed by atoms with Crippen molar-refractivity contribution in [2.75, 3.05) is 13.2 Å². The van der Waals surface area contributed by atoms with Crippen LogP contribution in [0.5, 0.6) is 0 Å². The molecule has 2 aliphatic rings. The van der Waals surface area contributed by atoms with Crippen molar-refractivity contribution in [2.24, 2.45) is 0 Å². The van der Waals surface area contributed by atoms with Gasteiger partial charge in [-0.15, -0.1) is 0 Å². The van der Waals surface area contributed by atoms with Crippen molar-refractivity contribution < 1.29 is 18.7 Å². The molecule has 1 N–H and O–H groups in total. The van der Waals surface area contributed by atoms with Gasteiger partial charge in [0, 0.05) is 19.4 Å². The highest BCUT2D eigenvalue weighted by Crippen LogP contribution is 2.37. The van der Waals surface area contributed by atoms with Crippen LogP contribution in [0.3, 0.4) is 0 Å². The molecule has 5 heteroatoms. The SMILES string of the molecule is Cc1occc1C(=O)NC[C@H]1COC2(CCCCC2)O1. The molecular formula is C15H21NO4. The Kier molecular flexibility index (Phi) is 3.81. The van der Waals surface area contributed by atoms with Gasteiger partial charge in [0.05, 0.1) is 18.4 Å². The number of aryl methyl sites for hydroxylation is 1. The summed E-state index contributed by atoms with van der Waals surface area (Å²) in [5, 5.41) is 2.89. The van der Waals surface area contributed by atoms with Crippen molar-refractivity contribution >= 4 is 5.91 Å². The minimum Gasteiger partial charge on any atom is -0.469 e. The summed E-state index contributed by atoms with van der Waals surface area (Å²) in [5.41, 5.74) is 0.580. The van der Waals surface area contributed by atoms with Gasteiger partial charge in [-0.2, -0.15) is 0 Å². The maximum atomic E-state index is 12.0. The molecule has 1 amide bonds. The Hall–Kier alpha value is -1.33. The van der Waals surface area contributed by atoms with Gasteiger partial charge in [0.2, 0.25) is 0 Å². The Morgan fingerprint density at radius 2 is 2.20 bits per heavy atom. The fourth-order valence-electron chi connectivity index (χ4n) is 2.99. The molecule has 1 saturated carbocycles. The Bertz CT molecular complexity index is 476. The van der Waals surface area contributed by atoms with Crippen molar-refractivity contribution in [2.45, 2.75) is 50.9 Å². The zero-order valence-electron chi connectivity index (χ0n) is 11.8. The molecule has 5 nitrogen and oxygen atoms in total. The zero-order valence-corrected chi connectivity index (χ0v) is 11.8. The van der Waals surface area contributed by atoms with Crippen LogP contribution in [-0.4, -0.2) is 30.9 Å². The highest BCUT2D eigenvalue weighted by molar-refractivity contribution is 5.95. The van der Waals surface area contributed by atoms with E-state index in [1.54, 1.807) is 13.0 Å². The number of nitrogens with one attached hydrogen (secondary N) is 1. The van der Waals surface area contributed by atoms with E-state index in [2.05, 4.69) is 5.32 Å². The molecule has 0 bridgehead atoms. The van der Waals surface area contributed by atoms with E-state index in [0.717, 1.165) is 25.7 Å². The van der Waals surface area contributed by atoms with E-state index in [1.807, 2.05) is 0 Å². The van der Waals surface area contributed by atoms with Gasteiger partial charge in [-0.05, 0) is 25.8 Å². The Morgan fingerprint density at radius 1 is 1.40 bits per heavy atom. The van der Waals surface area contributed by atoms with Gasteiger partial charge in [-0.3, -0.25) is 4.79 Å². The number of carbonyl (C=O) groups is 1. The molecule has 1 aliphatic carbocycles. The van der Waals surface area contributed by atoms with E-state index in [1.165, 1.54) is 12.7 Å². The predicted octanol–water partition coefficient (Wildman–Crippen LogP) is 2.39. The van der Waals surface area contributed by atoms with Crippen LogP contribution in [0.2, 0.25) is 0 Å². The minimum atomic E-state index is -0.376. The van der Waals surface area contributed by atoms with E-state index in [0.29, 0.717) is 24.5 Å². The Labute approximate surface area is 118 Å². The summed E-state index contributed by atoms with van der Waals surface area (Å²) >= 11 is 0. The second-order valence-corrected chi connectivity index (χ2v) is 5.62. The number of ether oxygens (including phenoxy) is 2. The van der Waals surface area contributed by atoms with E-state index in [-0.39, 0.29) is 17.8 Å². The molecule has 1 aromatic rings. The second kappa shape index (κ2) is 5.58. The van der Waals surface area contributed by atoms with Crippen molar-refractivity contribution in [1.29, 1.82) is 0 Å². The fourth-order valence-corrected chi connectivity index (χ4v) is 2.99. The van der Waals surface area contributed by atoms with Crippen molar-refractivity contribution in [3.8, 4) is 0 Å². The highest BCUT2D eigenvalue weighted by Gasteiger charge is 2.42. The molecule has 0 radical (unpaired) electrons. The quantitative estimate of drug-likeness (QED) is 0.923. The third-order valence-corrected chi connectivity index (χ3v) is 4.12. The van der Waals surface area contributed by atoms with Gasteiger partial charge in [0.1, 0.15) is 11.9 Å². The minimum absolute atomic E-state index is 0.0516. The number of hydrogen-bond donors (Lipinski definition) is 1. The topological polar surface area (TPSA) is 60.7 Å². The van der Waals surface area contributed by atoms with Crippen LogP contribution >= 0.6 is 0 Å². The van der Waals surface area contributed by atoms with Gasteiger partial charge < -0.3 is 19.2 Å². The summed E-state index contributed by atoms with van der Waals surface area (Å²) in [6.45, 7) is 2.82. The fraction of sp³-hybridized carbons (Fsp3) is 0.667. The number of amides is 1. The number of furan rings is 1. The van der Waals surface area contributed by atoms with E-state index in [9.17, 15) is 4.79 Å². The summed E-state index contributed by atoms with van der Waals surface area (Å²) in [6.07, 6.45) is 6.99. The molecule has 110 valence electrons. The normalized spacial score (nSPS) is 24.9. The summed E-state index contributed by atoms with van der Waals surface area (Å²) in [5.74, 6) is 0.137. The van der Waals surface area contributed by atoms with Gasteiger partial charge in [0.25, 0.3) is 5.91 Å². The predicted molar refractivity (Wildman–Crippen MR) is 72.4 cm³/mol. The molecular weight excluding hydrogens is 258 g/mol. The van der Waals surface area contributed by atoms with E-state index in [4.69, 9.17) is 13.9 Å². The maximum absolute atomic E-state index is 12.0. The summed E-state index contributed by atoms with van der Waals surface area (Å²) in [7, 11) is 0. The van der Waals surface area contributed by atoms with Crippen LogP contribution in [-0.2, 0) is 9.47 Å². The van der Waals surface area contributed by atoms with Crippen LogP contribution < -0.4 is 5.32 Å². The molecule has 1 spiro atoms. The smallest absolute Gasteiger partial charge is 0.254 e. The molecule has 20 heavy (non-hydrogen) atoms. The summed E-state index contributed by atoms with van der Waals surface area (Å²) < 4.78 is 17.0. The van der Waals surface area contributed by atoms with Crippen molar-refractivity contribution in [3.63, 3.8) is 0 Å².